The van der Waals surface area contributed by atoms with Crippen LogP contribution in [-0.4, -0.2) is 6.26 Å². The molecule has 0 nitrogen and oxygen atoms in total. The number of hydrogen-bond acceptors (Lipinski definition) is 1. The van der Waals surface area contributed by atoms with Crippen molar-refractivity contribution in [3.63, 3.8) is 0 Å². The fourth-order valence-electron chi connectivity index (χ4n) is 1.76. The summed E-state index contributed by atoms with van der Waals surface area (Å²) in [6.07, 6.45) is 12.9. The first-order chi connectivity index (χ1) is 6.38. The van der Waals surface area contributed by atoms with Crippen molar-refractivity contribution in [3.8, 4) is 0 Å². The summed E-state index contributed by atoms with van der Waals surface area (Å²) in [5.74, 6) is 0. The maximum absolute atomic E-state index is 3.53. The van der Waals surface area contributed by atoms with Gasteiger partial charge in [0.05, 0.1) is 0 Å². The predicted molar refractivity (Wildman–Crippen MR) is 65.5 cm³/mol. The van der Waals surface area contributed by atoms with Crippen LogP contribution < -0.4 is 0 Å². The summed E-state index contributed by atoms with van der Waals surface area (Å²) in [6.45, 7) is 4.37. The van der Waals surface area contributed by atoms with Crippen LogP contribution in [0.15, 0.2) is 23.3 Å². The lowest BCUT2D eigenvalue weighted by molar-refractivity contribution is 0.675. The van der Waals surface area contributed by atoms with Gasteiger partial charge in [0.15, 0.2) is 0 Å². The fraction of sp³-hybridized carbons (Fsp3) is 0.667. The third kappa shape index (κ3) is 4.56. The van der Waals surface area contributed by atoms with E-state index < -0.39 is 0 Å². The van der Waals surface area contributed by atoms with E-state index in [1.54, 1.807) is 17.4 Å². The van der Waals surface area contributed by atoms with Gasteiger partial charge < -0.3 is 0 Å². The molecule has 1 heteroatoms. The zero-order valence-electron chi connectivity index (χ0n) is 9.14. The minimum Gasteiger partial charge on any atom is -0.183 e. The lowest BCUT2D eigenvalue weighted by Crippen LogP contribution is -1.97. The summed E-state index contributed by atoms with van der Waals surface area (Å²) in [7, 11) is 0. The fourth-order valence-corrected chi connectivity index (χ4v) is 1.76. The highest BCUT2D eigenvalue weighted by Crippen LogP contribution is 2.28. The Morgan fingerprint density at radius 3 is 2.15 bits per heavy atom. The molecule has 0 N–H and O–H groups in total. The van der Waals surface area contributed by atoms with Crippen molar-refractivity contribution in [3.05, 3.63) is 23.3 Å². The zero-order valence-corrected chi connectivity index (χ0v) is 10.0. The van der Waals surface area contributed by atoms with Gasteiger partial charge in [-0.1, -0.05) is 19.1 Å². The van der Waals surface area contributed by atoms with Crippen LogP contribution in [-0.2, 0) is 0 Å². The first kappa shape index (κ1) is 12.8. The summed E-state index contributed by atoms with van der Waals surface area (Å²) in [6, 6.07) is 0. The molecule has 0 unspecified atom stereocenters. The minimum atomic E-state index is 1.19. The van der Waals surface area contributed by atoms with Crippen molar-refractivity contribution in [2.75, 3.05) is 6.26 Å². The standard InChI is InChI=1S/C11H18.CH4S/c1-3-7-11-9-6-5-8-10(11)4-2;1-2/h4,7H,3,5-6,8-9H2,1-2H3;2H,1H3/b10-4-,11-7-;. The van der Waals surface area contributed by atoms with Gasteiger partial charge in [-0.15, -0.1) is 0 Å². The second-order valence-electron chi connectivity index (χ2n) is 3.16. The topological polar surface area (TPSA) is 0 Å². The molecule has 0 atom stereocenters. The molecule has 1 aliphatic carbocycles. The first-order valence-corrected chi connectivity index (χ1v) is 6.07. The van der Waals surface area contributed by atoms with Gasteiger partial charge >= 0.3 is 0 Å². The molecule has 0 aromatic heterocycles. The quantitative estimate of drug-likeness (QED) is 0.594. The number of thiol groups is 1. The average molecular weight is 198 g/mol. The van der Waals surface area contributed by atoms with Gasteiger partial charge in [-0.2, -0.15) is 12.6 Å². The van der Waals surface area contributed by atoms with Crippen LogP contribution in [0, 0.1) is 0 Å². The third-order valence-corrected chi connectivity index (χ3v) is 2.35. The molecule has 1 saturated carbocycles. The van der Waals surface area contributed by atoms with Crippen molar-refractivity contribution in [1.29, 1.82) is 0 Å². The first-order valence-electron chi connectivity index (χ1n) is 5.17. The molecule has 0 spiro atoms. The molecular formula is C12H22S. The lowest BCUT2D eigenvalue weighted by Gasteiger charge is -2.17. The number of hydrogen-bond donors (Lipinski definition) is 1. The summed E-state index contributed by atoms with van der Waals surface area (Å²) >= 11 is 3.53. The van der Waals surface area contributed by atoms with Gasteiger partial charge in [0, 0.05) is 0 Å². The molecule has 0 saturated heterocycles. The molecule has 0 aromatic rings. The SMILES string of the molecule is C/C=C1/CCCC/C1=C/CC.CS. The van der Waals surface area contributed by atoms with E-state index in [4.69, 9.17) is 0 Å². The number of rotatable bonds is 1. The second-order valence-corrected chi connectivity index (χ2v) is 3.16. The molecular weight excluding hydrogens is 176 g/mol. The van der Waals surface area contributed by atoms with Gasteiger partial charge in [0.25, 0.3) is 0 Å². The van der Waals surface area contributed by atoms with E-state index in [2.05, 4.69) is 38.6 Å². The van der Waals surface area contributed by atoms with Gasteiger partial charge in [0.1, 0.15) is 0 Å². The Morgan fingerprint density at radius 1 is 1.15 bits per heavy atom. The molecule has 0 aromatic carbocycles. The zero-order chi connectivity index (χ0) is 10.1. The van der Waals surface area contributed by atoms with E-state index >= 15 is 0 Å². The smallest absolute Gasteiger partial charge is 0.0215 e. The van der Waals surface area contributed by atoms with Crippen LogP contribution in [0.1, 0.15) is 46.0 Å². The molecule has 0 radical (unpaired) electrons. The normalized spacial score (nSPS) is 22.8. The molecule has 0 bridgehead atoms. The molecule has 1 aliphatic rings. The molecule has 0 amide bonds. The van der Waals surface area contributed by atoms with E-state index in [9.17, 15) is 0 Å². The van der Waals surface area contributed by atoms with Crippen LogP contribution in [0.25, 0.3) is 0 Å². The summed E-state index contributed by atoms with van der Waals surface area (Å²) in [4.78, 5) is 0. The molecule has 1 fully saturated rings. The van der Waals surface area contributed by atoms with Crippen molar-refractivity contribution in [1.82, 2.24) is 0 Å². The van der Waals surface area contributed by atoms with E-state index in [1.807, 2.05) is 0 Å². The summed E-state index contributed by atoms with van der Waals surface area (Å²) in [5.41, 5.74) is 3.21. The molecule has 76 valence electrons. The van der Waals surface area contributed by atoms with E-state index in [-0.39, 0.29) is 0 Å². The van der Waals surface area contributed by atoms with E-state index in [0.717, 1.165) is 0 Å². The van der Waals surface area contributed by atoms with Gasteiger partial charge in [-0.05, 0) is 56.4 Å². The Hall–Kier alpha value is -0.170. The molecule has 0 aliphatic heterocycles. The van der Waals surface area contributed by atoms with Crippen molar-refractivity contribution in [2.24, 2.45) is 0 Å². The van der Waals surface area contributed by atoms with E-state index in [1.165, 1.54) is 32.1 Å². The third-order valence-electron chi connectivity index (χ3n) is 2.35. The monoisotopic (exact) mass is 198 g/mol. The molecule has 0 heterocycles. The average Bonchev–Trinajstić information content (AvgIpc) is 2.22. The highest BCUT2D eigenvalue weighted by atomic mass is 32.1. The highest BCUT2D eigenvalue weighted by molar-refractivity contribution is 7.79. The van der Waals surface area contributed by atoms with Crippen LogP contribution in [0.5, 0.6) is 0 Å². The van der Waals surface area contributed by atoms with Gasteiger partial charge in [-0.3, -0.25) is 0 Å². The Morgan fingerprint density at radius 2 is 1.69 bits per heavy atom. The Labute approximate surface area is 88.5 Å². The van der Waals surface area contributed by atoms with Crippen LogP contribution in [0.4, 0.5) is 0 Å². The molecule has 13 heavy (non-hydrogen) atoms. The van der Waals surface area contributed by atoms with Crippen molar-refractivity contribution < 1.29 is 0 Å². The van der Waals surface area contributed by atoms with Crippen LogP contribution >= 0.6 is 12.6 Å². The van der Waals surface area contributed by atoms with E-state index in [0.29, 0.717) is 0 Å². The largest absolute Gasteiger partial charge is 0.183 e. The minimum absolute atomic E-state index is 1.19. The maximum atomic E-state index is 3.53. The molecule has 1 rings (SSSR count). The Balaban J connectivity index is 0.000000671. The Bertz CT molecular complexity index is 178. The van der Waals surface area contributed by atoms with Crippen LogP contribution in [0.2, 0.25) is 0 Å². The van der Waals surface area contributed by atoms with Crippen LogP contribution in [0.3, 0.4) is 0 Å². The lowest BCUT2D eigenvalue weighted by atomic mass is 9.89. The van der Waals surface area contributed by atoms with Gasteiger partial charge in [-0.25, -0.2) is 0 Å². The summed E-state index contributed by atoms with van der Waals surface area (Å²) in [5, 5.41) is 0. The maximum Gasteiger partial charge on any atom is -0.0215 e. The summed E-state index contributed by atoms with van der Waals surface area (Å²) < 4.78 is 0. The van der Waals surface area contributed by atoms with Gasteiger partial charge in [0.2, 0.25) is 0 Å². The van der Waals surface area contributed by atoms with Crippen molar-refractivity contribution in [2.45, 2.75) is 46.0 Å². The van der Waals surface area contributed by atoms with Crippen molar-refractivity contribution >= 4 is 12.6 Å². The predicted octanol–water partition coefficient (Wildman–Crippen LogP) is 4.39. The highest BCUT2D eigenvalue weighted by Gasteiger charge is 2.08. The number of allylic oxidation sites excluding steroid dienone is 4. The Kier molecular flexibility index (Phi) is 8.32. The second kappa shape index (κ2) is 8.43.